The van der Waals surface area contributed by atoms with Gasteiger partial charge in [0.25, 0.3) is 0 Å². The van der Waals surface area contributed by atoms with E-state index < -0.39 is 6.10 Å². The molecule has 3 nitrogen and oxygen atoms in total. The second-order valence-corrected chi connectivity index (χ2v) is 6.15. The van der Waals surface area contributed by atoms with Crippen LogP contribution in [0.5, 0.6) is 5.75 Å². The molecule has 0 aromatic heterocycles. The summed E-state index contributed by atoms with van der Waals surface area (Å²) in [6.07, 6.45) is 3.50. The minimum Gasteiger partial charge on any atom is -0.494 e. The monoisotopic (exact) mass is 291 g/mol. The quantitative estimate of drug-likeness (QED) is 0.830. The molecular formula is C18H29NO2. The minimum absolute atomic E-state index is 0.425. The number of aliphatic hydroxyl groups excluding tert-OH is 1. The maximum Gasteiger partial charge on any atom is 0.123 e. The van der Waals surface area contributed by atoms with Crippen molar-refractivity contribution in [2.75, 3.05) is 19.7 Å². The third-order valence-electron chi connectivity index (χ3n) is 4.33. The van der Waals surface area contributed by atoms with E-state index in [9.17, 15) is 5.11 Å². The molecular weight excluding hydrogens is 262 g/mol. The van der Waals surface area contributed by atoms with E-state index in [2.05, 4.69) is 17.9 Å². The summed E-state index contributed by atoms with van der Waals surface area (Å²) in [6, 6.07) is 6.06. The molecule has 0 aliphatic carbocycles. The molecule has 0 bridgehead atoms. The molecule has 0 amide bonds. The Morgan fingerprint density at radius 1 is 1.38 bits per heavy atom. The van der Waals surface area contributed by atoms with Gasteiger partial charge >= 0.3 is 0 Å². The number of aliphatic hydroxyl groups is 1. The maximum atomic E-state index is 9.79. The first-order valence-corrected chi connectivity index (χ1v) is 8.30. The van der Waals surface area contributed by atoms with E-state index >= 15 is 0 Å². The van der Waals surface area contributed by atoms with Crippen LogP contribution in [0.1, 0.15) is 57.3 Å². The van der Waals surface area contributed by atoms with Gasteiger partial charge in [-0.1, -0.05) is 19.4 Å². The van der Waals surface area contributed by atoms with Gasteiger partial charge in [0.05, 0.1) is 12.7 Å². The van der Waals surface area contributed by atoms with Crippen LogP contribution in [-0.2, 0) is 6.54 Å². The lowest BCUT2D eigenvalue weighted by atomic mass is 10.0. The first-order chi connectivity index (χ1) is 10.1. The lowest BCUT2D eigenvalue weighted by molar-refractivity contribution is 0.198. The topological polar surface area (TPSA) is 32.7 Å². The van der Waals surface area contributed by atoms with Crippen LogP contribution < -0.4 is 4.74 Å². The van der Waals surface area contributed by atoms with E-state index in [1.54, 1.807) is 0 Å². The second-order valence-electron chi connectivity index (χ2n) is 6.15. The molecule has 1 aliphatic rings. The minimum atomic E-state index is -0.425. The molecule has 1 aromatic carbocycles. The summed E-state index contributed by atoms with van der Waals surface area (Å²) in [7, 11) is 0. The molecule has 1 aliphatic heterocycles. The van der Waals surface area contributed by atoms with Crippen LogP contribution in [0, 0.1) is 5.92 Å². The summed E-state index contributed by atoms with van der Waals surface area (Å²) in [5.74, 6) is 1.81. The zero-order chi connectivity index (χ0) is 15.2. The van der Waals surface area contributed by atoms with Crippen molar-refractivity contribution in [3.63, 3.8) is 0 Å². The van der Waals surface area contributed by atoms with E-state index in [0.717, 1.165) is 23.8 Å². The van der Waals surface area contributed by atoms with Crippen molar-refractivity contribution >= 4 is 0 Å². The van der Waals surface area contributed by atoms with Crippen LogP contribution in [-0.4, -0.2) is 29.7 Å². The number of nitrogens with zero attached hydrogens (tertiary/aromatic N) is 1. The van der Waals surface area contributed by atoms with Gasteiger partial charge in [0.1, 0.15) is 5.75 Å². The Morgan fingerprint density at radius 2 is 2.19 bits per heavy atom. The molecule has 2 rings (SSSR count). The van der Waals surface area contributed by atoms with Gasteiger partial charge < -0.3 is 9.84 Å². The maximum absolute atomic E-state index is 9.79. The van der Waals surface area contributed by atoms with Gasteiger partial charge in [-0.25, -0.2) is 0 Å². The van der Waals surface area contributed by atoms with Crippen LogP contribution in [0.4, 0.5) is 0 Å². The van der Waals surface area contributed by atoms with Crippen molar-refractivity contribution in [1.29, 1.82) is 0 Å². The van der Waals surface area contributed by atoms with Gasteiger partial charge in [0, 0.05) is 18.7 Å². The molecule has 1 heterocycles. The first kappa shape index (κ1) is 16.3. The Morgan fingerprint density at radius 3 is 2.86 bits per heavy atom. The molecule has 0 radical (unpaired) electrons. The largest absolute Gasteiger partial charge is 0.494 e. The number of hydrogen-bond acceptors (Lipinski definition) is 3. The molecule has 1 saturated heterocycles. The van der Waals surface area contributed by atoms with Crippen molar-refractivity contribution in [2.45, 2.75) is 52.7 Å². The van der Waals surface area contributed by atoms with Crippen LogP contribution in [0.25, 0.3) is 0 Å². The van der Waals surface area contributed by atoms with Crippen molar-refractivity contribution in [2.24, 2.45) is 5.92 Å². The molecule has 1 N–H and O–H groups in total. The van der Waals surface area contributed by atoms with E-state index in [4.69, 9.17) is 4.74 Å². The number of hydrogen-bond donors (Lipinski definition) is 1. The summed E-state index contributed by atoms with van der Waals surface area (Å²) < 4.78 is 5.75. The predicted octanol–water partition coefficient (Wildman–Crippen LogP) is 3.76. The molecule has 0 spiro atoms. The highest BCUT2D eigenvalue weighted by Gasteiger charge is 2.22. The Labute approximate surface area is 128 Å². The molecule has 1 fully saturated rings. The van der Waals surface area contributed by atoms with Crippen LogP contribution in [0.15, 0.2) is 18.2 Å². The zero-order valence-electron chi connectivity index (χ0n) is 13.6. The molecule has 3 heteroatoms. The van der Waals surface area contributed by atoms with Crippen molar-refractivity contribution in [3.8, 4) is 5.75 Å². The van der Waals surface area contributed by atoms with Gasteiger partial charge in [-0.3, -0.25) is 4.90 Å². The fourth-order valence-electron chi connectivity index (χ4n) is 3.22. The highest BCUT2D eigenvalue weighted by Crippen LogP contribution is 2.28. The van der Waals surface area contributed by atoms with E-state index in [1.807, 2.05) is 26.0 Å². The number of likely N-dealkylation sites (tertiary alicyclic amines) is 1. The Hall–Kier alpha value is -1.06. The first-order valence-electron chi connectivity index (χ1n) is 8.30. The fraction of sp³-hybridized carbons (Fsp3) is 0.667. The van der Waals surface area contributed by atoms with Crippen molar-refractivity contribution < 1.29 is 9.84 Å². The summed E-state index contributed by atoms with van der Waals surface area (Å²) >= 11 is 0. The van der Waals surface area contributed by atoms with Gasteiger partial charge in [0.2, 0.25) is 0 Å². The van der Waals surface area contributed by atoms with E-state index in [1.165, 1.54) is 37.9 Å². The third-order valence-corrected chi connectivity index (χ3v) is 4.33. The summed E-state index contributed by atoms with van der Waals surface area (Å²) in [4.78, 5) is 2.52. The highest BCUT2D eigenvalue weighted by molar-refractivity contribution is 5.38. The normalized spacial score (nSPS) is 20.7. The SMILES string of the molecule is CCCC1CCN(Cc2cc(C(C)O)ccc2OCC)C1. The summed E-state index contributed by atoms with van der Waals surface area (Å²) in [5.41, 5.74) is 2.17. The summed E-state index contributed by atoms with van der Waals surface area (Å²) in [5, 5.41) is 9.79. The standard InChI is InChI=1S/C18H29NO2/c1-4-6-15-9-10-19(12-15)13-17-11-16(14(3)20)7-8-18(17)21-5-2/h7-8,11,14-15,20H,4-6,9-10,12-13H2,1-3H3. The molecule has 1 aromatic rings. The molecule has 2 atom stereocenters. The zero-order valence-corrected chi connectivity index (χ0v) is 13.6. The molecule has 0 saturated carbocycles. The van der Waals surface area contributed by atoms with Gasteiger partial charge in [0.15, 0.2) is 0 Å². The highest BCUT2D eigenvalue weighted by atomic mass is 16.5. The number of benzene rings is 1. The van der Waals surface area contributed by atoms with E-state index in [0.29, 0.717) is 6.61 Å². The van der Waals surface area contributed by atoms with Crippen LogP contribution >= 0.6 is 0 Å². The smallest absolute Gasteiger partial charge is 0.123 e. The average Bonchev–Trinajstić information content (AvgIpc) is 2.88. The van der Waals surface area contributed by atoms with Gasteiger partial charge in [-0.2, -0.15) is 0 Å². The van der Waals surface area contributed by atoms with Crippen LogP contribution in [0.2, 0.25) is 0 Å². The van der Waals surface area contributed by atoms with Crippen molar-refractivity contribution in [3.05, 3.63) is 29.3 Å². The molecule has 21 heavy (non-hydrogen) atoms. The summed E-state index contributed by atoms with van der Waals surface area (Å²) in [6.45, 7) is 10.1. The molecule has 2 unspecified atom stereocenters. The lowest BCUT2D eigenvalue weighted by Gasteiger charge is -2.20. The van der Waals surface area contributed by atoms with Gasteiger partial charge in [-0.05, 0) is 56.8 Å². The fourth-order valence-corrected chi connectivity index (χ4v) is 3.22. The van der Waals surface area contributed by atoms with Crippen LogP contribution in [0.3, 0.4) is 0 Å². The van der Waals surface area contributed by atoms with Crippen molar-refractivity contribution in [1.82, 2.24) is 4.90 Å². The van der Waals surface area contributed by atoms with Gasteiger partial charge in [-0.15, -0.1) is 0 Å². The number of rotatable bonds is 7. The Bertz CT molecular complexity index is 445. The van der Waals surface area contributed by atoms with E-state index in [-0.39, 0.29) is 0 Å². The second kappa shape index (κ2) is 7.81. The lowest BCUT2D eigenvalue weighted by Crippen LogP contribution is -2.20. The Balaban J connectivity index is 2.08. The number of ether oxygens (including phenoxy) is 1. The third kappa shape index (κ3) is 4.45. The average molecular weight is 291 g/mol. The Kier molecular flexibility index (Phi) is 6.07. The molecule has 118 valence electrons. The predicted molar refractivity (Wildman–Crippen MR) is 86.5 cm³/mol.